The van der Waals surface area contributed by atoms with Crippen LogP contribution in [0.5, 0.6) is 0 Å². The average Bonchev–Trinajstić information content (AvgIpc) is 3.04. The maximum Gasteiger partial charge on any atom is 0.281 e. The predicted molar refractivity (Wildman–Crippen MR) is 97.7 cm³/mol. The van der Waals surface area contributed by atoms with Crippen molar-refractivity contribution in [2.24, 2.45) is 0 Å². The lowest BCUT2D eigenvalue weighted by molar-refractivity contribution is -0.132. The zero-order valence-electron chi connectivity index (χ0n) is 13.9. The van der Waals surface area contributed by atoms with Crippen molar-refractivity contribution < 1.29 is 13.2 Å². The molecule has 134 valence electrons. The fourth-order valence-electron chi connectivity index (χ4n) is 2.77. The summed E-state index contributed by atoms with van der Waals surface area (Å²) in [4.78, 5) is 14.0. The van der Waals surface area contributed by atoms with Crippen LogP contribution in [0.15, 0.2) is 0 Å². The molecule has 1 amide bonds. The van der Waals surface area contributed by atoms with Crippen molar-refractivity contribution >= 4 is 37.7 Å². The normalized spacial score (nSPS) is 23.6. The molecule has 0 aliphatic carbocycles. The van der Waals surface area contributed by atoms with Crippen LogP contribution in [-0.2, 0) is 15.0 Å². The molecule has 0 aromatic carbocycles. The summed E-state index contributed by atoms with van der Waals surface area (Å²) in [6.45, 7) is 1.78. The largest absolute Gasteiger partial charge is 0.340 e. The predicted octanol–water partition coefficient (Wildman–Crippen LogP) is 1.65. The van der Waals surface area contributed by atoms with Crippen molar-refractivity contribution in [2.75, 3.05) is 46.0 Å². The number of nitrogens with zero attached hydrogens (tertiary/aromatic N) is 3. The van der Waals surface area contributed by atoms with Crippen LogP contribution >= 0.6 is 21.6 Å². The fraction of sp³-hybridized carbons (Fsp3) is 0.929. The zero-order valence-corrected chi connectivity index (χ0v) is 16.4. The molecule has 0 spiro atoms. The molecular weight excluding hydrogens is 354 g/mol. The minimum absolute atomic E-state index is 0.167. The Morgan fingerprint density at radius 2 is 1.87 bits per heavy atom. The second kappa shape index (κ2) is 8.94. The molecule has 23 heavy (non-hydrogen) atoms. The van der Waals surface area contributed by atoms with E-state index in [1.807, 2.05) is 26.5 Å². The molecule has 2 fully saturated rings. The number of hydrogen-bond acceptors (Lipinski definition) is 5. The highest BCUT2D eigenvalue weighted by molar-refractivity contribution is 8.77. The third-order valence-electron chi connectivity index (χ3n) is 4.27. The third kappa shape index (κ3) is 5.52. The number of hydrogen-bond donors (Lipinski definition) is 0. The molecule has 0 bridgehead atoms. The highest BCUT2D eigenvalue weighted by atomic mass is 33.1. The third-order valence-corrected chi connectivity index (χ3v) is 9.22. The lowest BCUT2D eigenvalue weighted by Crippen LogP contribution is -2.53. The van der Waals surface area contributed by atoms with E-state index in [9.17, 15) is 13.2 Å². The quantitative estimate of drug-likeness (QED) is 0.496. The van der Waals surface area contributed by atoms with Crippen molar-refractivity contribution in [3.05, 3.63) is 0 Å². The summed E-state index contributed by atoms with van der Waals surface area (Å²) in [5.74, 6) is 1.43. The monoisotopic (exact) mass is 381 g/mol. The molecule has 0 N–H and O–H groups in total. The van der Waals surface area contributed by atoms with Crippen LogP contribution in [0.25, 0.3) is 0 Å². The average molecular weight is 382 g/mol. The number of carbonyl (C=O) groups is 1. The van der Waals surface area contributed by atoms with Crippen LogP contribution < -0.4 is 0 Å². The maximum atomic E-state index is 12.2. The smallest absolute Gasteiger partial charge is 0.281 e. The van der Waals surface area contributed by atoms with Crippen LogP contribution in [0.1, 0.15) is 32.1 Å². The molecule has 9 heteroatoms. The van der Waals surface area contributed by atoms with Gasteiger partial charge in [-0.25, -0.2) is 0 Å². The topological polar surface area (TPSA) is 60.9 Å². The van der Waals surface area contributed by atoms with Gasteiger partial charge in [-0.15, -0.1) is 0 Å². The van der Waals surface area contributed by atoms with Crippen molar-refractivity contribution in [3.63, 3.8) is 0 Å². The van der Waals surface area contributed by atoms with Gasteiger partial charge in [0.25, 0.3) is 10.2 Å². The minimum Gasteiger partial charge on any atom is -0.340 e. The first-order valence-electron chi connectivity index (χ1n) is 8.15. The Bertz CT molecular complexity index is 485. The van der Waals surface area contributed by atoms with Gasteiger partial charge < -0.3 is 4.90 Å². The molecule has 0 radical (unpaired) electrons. The van der Waals surface area contributed by atoms with Crippen molar-refractivity contribution in [3.8, 4) is 0 Å². The summed E-state index contributed by atoms with van der Waals surface area (Å²) in [5.41, 5.74) is 0. The summed E-state index contributed by atoms with van der Waals surface area (Å²) in [5, 5.41) is 0.773. The van der Waals surface area contributed by atoms with E-state index in [-0.39, 0.29) is 5.91 Å². The summed E-state index contributed by atoms with van der Waals surface area (Å²) < 4.78 is 26.8. The van der Waals surface area contributed by atoms with E-state index in [0.29, 0.717) is 32.6 Å². The minimum atomic E-state index is -3.36. The molecule has 2 saturated heterocycles. The summed E-state index contributed by atoms with van der Waals surface area (Å²) in [6, 6.07) is 0. The Kier molecular flexibility index (Phi) is 7.53. The molecule has 1 atom stereocenters. The van der Waals surface area contributed by atoms with E-state index >= 15 is 0 Å². The molecule has 6 nitrogen and oxygen atoms in total. The van der Waals surface area contributed by atoms with E-state index in [0.717, 1.165) is 18.1 Å². The Morgan fingerprint density at radius 3 is 2.43 bits per heavy atom. The molecular formula is C14H27N3O3S3. The second-order valence-electron chi connectivity index (χ2n) is 6.14. The van der Waals surface area contributed by atoms with Crippen LogP contribution in [0.2, 0.25) is 0 Å². The Labute approximate surface area is 147 Å². The van der Waals surface area contributed by atoms with Crippen molar-refractivity contribution in [1.82, 2.24) is 13.5 Å². The standard InChI is InChI=1S/C14H27N3O3S3/c1-15(2)23(19,20)17-10-8-16(9-11-17)14(18)6-4-3-5-13-7-12-21-22-13/h13H,3-12H2,1-2H3/t13-/m0/s1. The van der Waals surface area contributed by atoms with Crippen LogP contribution in [0.4, 0.5) is 0 Å². The molecule has 0 saturated carbocycles. The number of amides is 1. The molecule has 2 heterocycles. The van der Waals surface area contributed by atoms with Gasteiger partial charge in [0.05, 0.1) is 0 Å². The van der Waals surface area contributed by atoms with Crippen LogP contribution in [0.3, 0.4) is 0 Å². The van der Waals surface area contributed by atoms with Gasteiger partial charge in [-0.2, -0.15) is 17.0 Å². The number of piperazine rings is 1. The molecule has 0 aromatic heterocycles. The first kappa shape index (κ1) is 19.4. The first-order valence-corrected chi connectivity index (χ1v) is 11.9. The lowest BCUT2D eigenvalue weighted by Gasteiger charge is -2.35. The highest BCUT2D eigenvalue weighted by Gasteiger charge is 2.29. The number of unbranched alkanes of at least 4 members (excludes halogenated alkanes) is 1. The van der Waals surface area contributed by atoms with Gasteiger partial charge in [0, 0.05) is 57.7 Å². The Hall–Kier alpha value is 0.0400. The molecule has 2 aliphatic heterocycles. The molecule has 0 aromatic rings. The van der Waals surface area contributed by atoms with E-state index in [4.69, 9.17) is 0 Å². The Morgan fingerprint density at radius 1 is 1.17 bits per heavy atom. The van der Waals surface area contributed by atoms with Crippen molar-refractivity contribution in [1.29, 1.82) is 0 Å². The van der Waals surface area contributed by atoms with E-state index < -0.39 is 10.2 Å². The van der Waals surface area contributed by atoms with Gasteiger partial charge in [0.2, 0.25) is 5.91 Å². The van der Waals surface area contributed by atoms with Crippen LogP contribution in [0, 0.1) is 0 Å². The van der Waals surface area contributed by atoms with Gasteiger partial charge in [-0.05, 0) is 19.3 Å². The van der Waals surface area contributed by atoms with Crippen molar-refractivity contribution in [2.45, 2.75) is 37.4 Å². The SMILES string of the molecule is CN(C)S(=O)(=O)N1CCN(C(=O)CCCC[C@H]2CCSS2)CC1. The zero-order chi connectivity index (χ0) is 16.9. The summed E-state index contributed by atoms with van der Waals surface area (Å²) in [6.07, 6.45) is 5.14. The highest BCUT2D eigenvalue weighted by Crippen LogP contribution is 2.39. The molecule has 2 rings (SSSR count). The summed E-state index contributed by atoms with van der Waals surface area (Å²) in [7, 11) is 3.66. The van der Waals surface area contributed by atoms with Gasteiger partial charge in [0.1, 0.15) is 0 Å². The number of carbonyl (C=O) groups excluding carboxylic acids is 1. The maximum absolute atomic E-state index is 12.2. The fourth-order valence-corrected chi connectivity index (χ4v) is 6.88. The van der Waals surface area contributed by atoms with Gasteiger partial charge >= 0.3 is 0 Å². The van der Waals surface area contributed by atoms with Gasteiger partial charge in [-0.3, -0.25) is 4.79 Å². The number of rotatable bonds is 7. The van der Waals surface area contributed by atoms with Gasteiger partial charge in [0.15, 0.2) is 0 Å². The lowest BCUT2D eigenvalue weighted by atomic mass is 10.1. The van der Waals surface area contributed by atoms with Gasteiger partial charge in [-0.1, -0.05) is 28.0 Å². The summed E-state index contributed by atoms with van der Waals surface area (Å²) >= 11 is 0. The van der Waals surface area contributed by atoms with E-state index in [1.54, 1.807) is 0 Å². The first-order chi connectivity index (χ1) is 10.9. The second-order valence-corrected chi connectivity index (χ2v) is 11.1. The molecule has 0 unspecified atom stereocenters. The van der Waals surface area contributed by atoms with Crippen LogP contribution in [-0.4, -0.2) is 79.1 Å². The molecule has 2 aliphatic rings. The van der Waals surface area contributed by atoms with E-state index in [1.165, 1.54) is 41.3 Å². The van der Waals surface area contributed by atoms with E-state index in [2.05, 4.69) is 0 Å². The Balaban J connectivity index is 1.65.